The Balaban J connectivity index is 2.67. The third-order valence-electron chi connectivity index (χ3n) is 3.81. The van der Waals surface area contributed by atoms with Crippen molar-refractivity contribution >= 4 is 5.91 Å². The van der Waals surface area contributed by atoms with Crippen LogP contribution in [0.1, 0.15) is 52.9 Å². The fourth-order valence-corrected chi connectivity index (χ4v) is 2.44. The maximum atomic E-state index is 12.2. The Morgan fingerprint density at radius 3 is 2.38 bits per heavy atom. The van der Waals surface area contributed by atoms with Crippen LogP contribution >= 0.6 is 0 Å². The van der Waals surface area contributed by atoms with E-state index in [0.29, 0.717) is 0 Å². The first-order valence-electron chi connectivity index (χ1n) is 6.26. The van der Waals surface area contributed by atoms with Crippen LogP contribution in [0.3, 0.4) is 0 Å². The number of nitrogens with zero attached hydrogens (tertiary/aromatic N) is 1. The average Bonchev–Trinajstić information content (AvgIpc) is 2.74. The lowest BCUT2D eigenvalue weighted by molar-refractivity contribution is -0.131. The Morgan fingerprint density at radius 1 is 1.44 bits per heavy atom. The molecule has 0 aromatic rings. The summed E-state index contributed by atoms with van der Waals surface area (Å²) in [5.74, 6) is 0.261. The van der Waals surface area contributed by atoms with Crippen molar-refractivity contribution in [1.82, 2.24) is 5.32 Å². The first-order valence-corrected chi connectivity index (χ1v) is 6.26. The summed E-state index contributed by atoms with van der Waals surface area (Å²) in [4.78, 5) is 12.2. The molecule has 1 aliphatic carbocycles. The first kappa shape index (κ1) is 13.0. The van der Waals surface area contributed by atoms with Crippen LogP contribution in [0.15, 0.2) is 0 Å². The molecule has 0 spiro atoms. The molecule has 1 fully saturated rings. The Labute approximate surface area is 98.2 Å². The van der Waals surface area contributed by atoms with Gasteiger partial charge in [-0.3, -0.25) is 4.79 Å². The van der Waals surface area contributed by atoms with E-state index in [1.807, 2.05) is 13.8 Å². The lowest BCUT2D eigenvalue weighted by Crippen LogP contribution is -2.45. The topological polar surface area (TPSA) is 52.9 Å². The highest BCUT2D eigenvalue weighted by atomic mass is 16.2. The van der Waals surface area contributed by atoms with Crippen molar-refractivity contribution in [3.05, 3.63) is 0 Å². The van der Waals surface area contributed by atoms with Gasteiger partial charge in [-0.05, 0) is 25.2 Å². The number of rotatable bonds is 4. The second-order valence-corrected chi connectivity index (χ2v) is 5.17. The van der Waals surface area contributed by atoms with E-state index in [0.717, 1.165) is 32.1 Å². The highest BCUT2D eigenvalue weighted by Gasteiger charge is 2.40. The molecule has 0 bridgehead atoms. The summed E-state index contributed by atoms with van der Waals surface area (Å²) >= 11 is 0. The second-order valence-electron chi connectivity index (χ2n) is 5.17. The van der Waals surface area contributed by atoms with Crippen molar-refractivity contribution in [2.24, 2.45) is 11.3 Å². The van der Waals surface area contributed by atoms with Crippen molar-refractivity contribution in [1.29, 1.82) is 5.26 Å². The molecule has 90 valence electrons. The summed E-state index contributed by atoms with van der Waals surface area (Å²) in [6.45, 7) is 5.99. The lowest BCUT2D eigenvalue weighted by atomic mass is 9.82. The molecule has 3 heteroatoms. The number of hydrogen-bond acceptors (Lipinski definition) is 2. The predicted molar refractivity (Wildman–Crippen MR) is 63.6 cm³/mol. The lowest BCUT2D eigenvalue weighted by Gasteiger charge is -2.28. The van der Waals surface area contributed by atoms with Gasteiger partial charge < -0.3 is 5.32 Å². The molecule has 1 saturated carbocycles. The fraction of sp³-hybridized carbons (Fsp3) is 0.846. The van der Waals surface area contributed by atoms with E-state index in [-0.39, 0.29) is 23.3 Å². The number of amides is 1. The first-order chi connectivity index (χ1) is 7.55. The van der Waals surface area contributed by atoms with E-state index in [9.17, 15) is 4.79 Å². The van der Waals surface area contributed by atoms with Crippen molar-refractivity contribution in [2.45, 2.75) is 58.9 Å². The SMILES string of the molecule is CCC1(C(=O)NC(C#N)C(C)C)CCCC1. The standard InChI is InChI=1S/C13H22N2O/c1-4-13(7-5-6-8-13)12(16)15-11(9-14)10(2)3/h10-11H,4-8H2,1-3H3,(H,15,16). The maximum Gasteiger partial charge on any atom is 0.227 e. The number of hydrogen-bond donors (Lipinski definition) is 1. The fourth-order valence-electron chi connectivity index (χ4n) is 2.44. The normalized spacial score (nSPS) is 20.4. The van der Waals surface area contributed by atoms with Gasteiger partial charge in [0.05, 0.1) is 6.07 Å². The molecule has 3 nitrogen and oxygen atoms in total. The van der Waals surface area contributed by atoms with E-state index in [4.69, 9.17) is 5.26 Å². The minimum absolute atomic E-state index is 0.0905. The second kappa shape index (κ2) is 5.34. The summed E-state index contributed by atoms with van der Waals surface area (Å²) in [6, 6.07) is 1.81. The van der Waals surface area contributed by atoms with Gasteiger partial charge in [-0.15, -0.1) is 0 Å². The van der Waals surface area contributed by atoms with Gasteiger partial charge in [0.2, 0.25) is 5.91 Å². The van der Waals surface area contributed by atoms with Gasteiger partial charge in [-0.2, -0.15) is 5.26 Å². The summed E-state index contributed by atoms with van der Waals surface area (Å²) in [5.41, 5.74) is -0.190. The molecule has 0 aromatic carbocycles. The zero-order chi connectivity index (χ0) is 12.2. The van der Waals surface area contributed by atoms with Gasteiger partial charge in [0.15, 0.2) is 0 Å². The minimum atomic E-state index is -0.350. The van der Waals surface area contributed by atoms with Gasteiger partial charge in [-0.1, -0.05) is 33.6 Å². The quantitative estimate of drug-likeness (QED) is 0.795. The molecule has 1 rings (SSSR count). The van der Waals surface area contributed by atoms with E-state index in [1.54, 1.807) is 0 Å². The van der Waals surface area contributed by atoms with Crippen LogP contribution in [0.25, 0.3) is 0 Å². The van der Waals surface area contributed by atoms with Gasteiger partial charge in [0, 0.05) is 5.41 Å². The molecule has 1 amide bonds. The van der Waals surface area contributed by atoms with Crippen molar-refractivity contribution < 1.29 is 4.79 Å². The van der Waals surface area contributed by atoms with Crippen LogP contribution in [0.2, 0.25) is 0 Å². The summed E-state index contributed by atoms with van der Waals surface area (Å²) < 4.78 is 0. The van der Waals surface area contributed by atoms with Crippen LogP contribution in [0.4, 0.5) is 0 Å². The van der Waals surface area contributed by atoms with Gasteiger partial charge >= 0.3 is 0 Å². The number of nitriles is 1. The molecular weight excluding hydrogens is 200 g/mol. The van der Waals surface area contributed by atoms with Crippen LogP contribution in [0, 0.1) is 22.7 Å². The zero-order valence-electron chi connectivity index (χ0n) is 10.5. The predicted octanol–water partition coefficient (Wildman–Crippen LogP) is 2.62. The van der Waals surface area contributed by atoms with Crippen molar-refractivity contribution in [3.8, 4) is 6.07 Å². The maximum absolute atomic E-state index is 12.2. The van der Waals surface area contributed by atoms with E-state index in [1.165, 1.54) is 0 Å². The molecule has 1 unspecified atom stereocenters. The molecule has 1 N–H and O–H groups in total. The summed E-state index contributed by atoms with van der Waals surface area (Å²) in [6.07, 6.45) is 5.12. The largest absolute Gasteiger partial charge is 0.340 e. The Kier molecular flexibility index (Phi) is 4.35. The number of carbonyl (C=O) groups is 1. The highest BCUT2D eigenvalue weighted by Crippen LogP contribution is 2.41. The molecule has 16 heavy (non-hydrogen) atoms. The Bertz CT molecular complexity index is 285. The third-order valence-corrected chi connectivity index (χ3v) is 3.81. The summed E-state index contributed by atoms with van der Waals surface area (Å²) in [5, 5.41) is 11.9. The molecule has 0 aliphatic heterocycles. The Morgan fingerprint density at radius 2 is 2.00 bits per heavy atom. The van der Waals surface area contributed by atoms with Crippen LogP contribution < -0.4 is 5.32 Å². The Hall–Kier alpha value is -1.04. The van der Waals surface area contributed by atoms with Gasteiger partial charge in [0.25, 0.3) is 0 Å². The van der Waals surface area contributed by atoms with Gasteiger partial charge in [0.1, 0.15) is 6.04 Å². The molecule has 0 heterocycles. The van der Waals surface area contributed by atoms with Crippen molar-refractivity contribution in [2.75, 3.05) is 0 Å². The molecular formula is C13H22N2O. The van der Waals surface area contributed by atoms with E-state index < -0.39 is 0 Å². The van der Waals surface area contributed by atoms with Crippen LogP contribution in [-0.4, -0.2) is 11.9 Å². The minimum Gasteiger partial charge on any atom is -0.340 e. The number of carbonyl (C=O) groups excluding carboxylic acids is 1. The third kappa shape index (κ3) is 2.55. The van der Waals surface area contributed by atoms with Gasteiger partial charge in [-0.25, -0.2) is 0 Å². The van der Waals surface area contributed by atoms with Crippen LogP contribution in [-0.2, 0) is 4.79 Å². The van der Waals surface area contributed by atoms with Crippen LogP contribution in [0.5, 0.6) is 0 Å². The highest BCUT2D eigenvalue weighted by molar-refractivity contribution is 5.83. The molecule has 1 atom stereocenters. The number of nitrogens with one attached hydrogen (secondary N) is 1. The molecule has 0 saturated heterocycles. The summed E-state index contributed by atoms with van der Waals surface area (Å²) in [7, 11) is 0. The molecule has 0 aromatic heterocycles. The monoisotopic (exact) mass is 222 g/mol. The van der Waals surface area contributed by atoms with Crippen molar-refractivity contribution in [3.63, 3.8) is 0 Å². The smallest absolute Gasteiger partial charge is 0.227 e. The van der Waals surface area contributed by atoms with E-state index >= 15 is 0 Å². The zero-order valence-corrected chi connectivity index (χ0v) is 10.5. The average molecular weight is 222 g/mol. The molecule has 1 aliphatic rings. The molecule has 0 radical (unpaired) electrons. The van der Waals surface area contributed by atoms with E-state index in [2.05, 4.69) is 18.3 Å².